The van der Waals surface area contributed by atoms with Crippen LogP contribution in [-0.4, -0.2) is 68.7 Å². The Kier molecular flexibility index (Phi) is 6.39. The van der Waals surface area contributed by atoms with E-state index in [0.717, 1.165) is 6.42 Å². The topological polar surface area (TPSA) is 90.7 Å². The van der Waals surface area contributed by atoms with Crippen LogP contribution in [0.3, 0.4) is 0 Å². The summed E-state index contributed by atoms with van der Waals surface area (Å²) >= 11 is 0. The van der Waals surface area contributed by atoms with E-state index in [-0.39, 0.29) is 18.2 Å². The standard InChI is InChI=1S/C12H21N3O4S/c1-3-11(10-13)14-5-7-15(8-6-14)20(17,18)9-4-12(16)19-2/h11H,3-9H2,1-2H3. The molecule has 1 atom stereocenters. The van der Waals surface area contributed by atoms with Gasteiger partial charge in [0.25, 0.3) is 0 Å². The van der Waals surface area contributed by atoms with Gasteiger partial charge in [0.15, 0.2) is 0 Å². The van der Waals surface area contributed by atoms with Gasteiger partial charge in [0.05, 0.1) is 31.4 Å². The van der Waals surface area contributed by atoms with E-state index in [0.29, 0.717) is 26.2 Å². The molecule has 0 aromatic carbocycles. The molecule has 0 amide bonds. The van der Waals surface area contributed by atoms with Gasteiger partial charge in [-0.15, -0.1) is 0 Å². The van der Waals surface area contributed by atoms with Gasteiger partial charge >= 0.3 is 5.97 Å². The third kappa shape index (κ3) is 4.44. The summed E-state index contributed by atoms with van der Waals surface area (Å²) in [5.74, 6) is -0.752. The highest BCUT2D eigenvalue weighted by atomic mass is 32.2. The van der Waals surface area contributed by atoms with Crippen LogP contribution in [0, 0.1) is 11.3 Å². The Morgan fingerprint density at radius 1 is 1.35 bits per heavy atom. The van der Waals surface area contributed by atoms with Crippen molar-refractivity contribution in [1.82, 2.24) is 9.21 Å². The second kappa shape index (κ2) is 7.57. The minimum Gasteiger partial charge on any atom is -0.469 e. The molecule has 1 unspecified atom stereocenters. The summed E-state index contributed by atoms with van der Waals surface area (Å²) in [4.78, 5) is 13.0. The Morgan fingerprint density at radius 3 is 2.40 bits per heavy atom. The summed E-state index contributed by atoms with van der Waals surface area (Å²) in [6, 6.07) is 2.06. The average Bonchev–Trinajstić information content (AvgIpc) is 2.46. The molecule has 0 bridgehead atoms. The predicted octanol–water partition coefficient (Wildman–Crippen LogP) is -0.201. The first-order valence-corrected chi connectivity index (χ1v) is 8.23. The van der Waals surface area contributed by atoms with Crippen LogP contribution in [-0.2, 0) is 19.6 Å². The largest absolute Gasteiger partial charge is 0.469 e. The Morgan fingerprint density at radius 2 is 1.95 bits per heavy atom. The van der Waals surface area contributed by atoms with Crippen LogP contribution < -0.4 is 0 Å². The van der Waals surface area contributed by atoms with Crippen LogP contribution in [0.25, 0.3) is 0 Å². The maximum Gasteiger partial charge on any atom is 0.306 e. The van der Waals surface area contributed by atoms with Crippen molar-refractivity contribution in [2.75, 3.05) is 39.0 Å². The zero-order chi connectivity index (χ0) is 15.2. The number of methoxy groups -OCH3 is 1. The number of carbonyl (C=O) groups is 1. The second-order valence-electron chi connectivity index (χ2n) is 4.63. The third-order valence-electron chi connectivity index (χ3n) is 3.43. The first kappa shape index (κ1) is 16.9. The molecule has 0 radical (unpaired) electrons. The van der Waals surface area contributed by atoms with Crippen molar-refractivity contribution in [3.63, 3.8) is 0 Å². The van der Waals surface area contributed by atoms with Crippen LogP contribution in [0.2, 0.25) is 0 Å². The molecule has 1 rings (SSSR count). The lowest BCUT2D eigenvalue weighted by molar-refractivity contribution is -0.140. The SMILES string of the molecule is CCC(C#N)N1CCN(S(=O)(=O)CCC(=O)OC)CC1. The lowest BCUT2D eigenvalue weighted by Crippen LogP contribution is -2.52. The molecule has 20 heavy (non-hydrogen) atoms. The fourth-order valence-corrected chi connectivity index (χ4v) is 3.57. The van der Waals surface area contributed by atoms with Crippen LogP contribution in [0.4, 0.5) is 0 Å². The summed E-state index contributed by atoms with van der Waals surface area (Å²) in [5, 5.41) is 9.00. The van der Waals surface area contributed by atoms with Crippen molar-refractivity contribution in [2.24, 2.45) is 0 Å². The maximum absolute atomic E-state index is 12.1. The fraction of sp³-hybridized carbons (Fsp3) is 0.833. The Hall–Kier alpha value is -1.17. The zero-order valence-corrected chi connectivity index (χ0v) is 12.7. The van der Waals surface area contributed by atoms with Crippen molar-refractivity contribution in [3.8, 4) is 6.07 Å². The van der Waals surface area contributed by atoms with Crippen molar-refractivity contribution in [3.05, 3.63) is 0 Å². The van der Waals surface area contributed by atoms with Crippen molar-refractivity contribution >= 4 is 16.0 Å². The van der Waals surface area contributed by atoms with E-state index >= 15 is 0 Å². The molecule has 1 aliphatic rings. The molecular weight excluding hydrogens is 282 g/mol. The average molecular weight is 303 g/mol. The van der Waals surface area contributed by atoms with Crippen LogP contribution >= 0.6 is 0 Å². The molecule has 0 aromatic heterocycles. The lowest BCUT2D eigenvalue weighted by Gasteiger charge is -2.35. The molecule has 1 heterocycles. The molecule has 1 fully saturated rings. The number of piperazine rings is 1. The van der Waals surface area contributed by atoms with Crippen molar-refractivity contribution < 1.29 is 17.9 Å². The number of nitriles is 1. The Bertz CT molecular complexity index is 464. The summed E-state index contributed by atoms with van der Waals surface area (Å²) in [6.07, 6.45) is 0.598. The quantitative estimate of drug-likeness (QED) is 0.631. The minimum atomic E-state index is -3.43. The lowest BCUT2D eigenvalue weighted by atomic mass is 10.2. The number of hydrogen-bond donors (Lipinski definition) is 0. The van der Waals surface area contributed by atoms with Crippen LogP contribution in [0.5, 0.6) is 0 Å². The minimum absolute atomic E-state index is 0.130. The Balaban J connectivity index is 2.52. The summed E-state index contributed by atoms with van der Waals surface area (Å²) in [7, 11) is -2.19. The number of sulfonamides is 1. The van der Waals surface area contributed by atoms with Gasteiger partial charge in [0.1, 0.15) is 0 Å². The molecule has 8 heteroatoms. The molecule has 0 N–H and O–H groups in total. The van der Waals surface area contributed by atoms with Gasteiger partial charge < -0.3 is 4.74 Å². The molecule has 0 spiro atoms. The summed E-state index contributed by atoms with van der Waals surface area (Å²) in [5.41, 5.74) is 0. The van der Waals surface area contributed by atoms with E-state index < -0.39 is 16.0 Å². The summed E-state index contributed by atoms with van der Waals surface area (Å²) in [6.45, 7) is 3.75. The van der Waals surface area contributed by atoms with Gasteiger partial charge in [-0.2, -0.15) is 9.57 Å². The number of rotatable bonds is 6. The third-order valence-corrected chi connectivity index (χ3v) is 5.31. The van der Waals surface area contributed by atoms with Gasteiger partial charge in [-0.25, -0.2) is 8.42 Å². The predicted molar refractivity (Wildman–Crippen MR) is 73.3 cm³/mol. The van der Waals surface area contributed by atoms with E-state index in [1.807, 2.05) is 11.8 Å². The van der Waals surface area contributed by atoms with Gasteiger partial charge in [0, 0.05) is 26.2 Å². The maximum atomic E-state index is 12.1. The highest BCUT2D eigenvalue weighted by Crippen LogP contribution is 2.12. The fourth-order valence-electron chi connectivity index (χ4n) is 2.17. The van der Waals surface area contributed by atoms with Gasteiger partial charge in [-0.05, 0) is 6.42 Å². The van der Waals surface area contributed by atoms with Crippen LogP contribution in [0.1, 0.15) is 19.8 Å². The monoisotopic (exact) mass is 303 g/mol. The Labute approximate surface area is 120 Å². The number of esters is 1. The van der Waals surface area contributed by atoms with E-state index in [2.05, 4.69) is 10.8 Å². The van der Waals surface area contributed by atoms with Gasteiger partial charge in [-0.1, -0.05) is 6.92 Å². The molecule has 1 aliphatic heterocycles. The van der Waals surface area contributed by atoms with E-state index in [1.54, 1.807) is 0 Å². The number of carbonyl (C=O) groups excluding carboxylic acids is 1. The van der Waals surface area contributed by atoms with E-state index in [1.165, 1.54) is 11.4 Å². The highest BCUT2D eigenvalue weighted by Gasteiger charge is 2.29. The molecule has 114 valence electrons. The van der Waals surface area contributed by atoms with Crippen molar-refractivity contribution in [1.29, 1.82) is 5.26 Å². The van der Waals surface area contributed by atoms with Crippen molar-refractivity contribution in [2.45, 2.75) is 25.8 Å². The van der Waals surface area contributed by atoms with E-state index in [9.17, 15) is 13.2 Å². The number of ether oxygens (including phenoxy) is 1. The van der Waals surface area contributed by atoms with Gasteiger partial charge in [0.2, 0.25) is 10.0 Å². The summed E-state index contributed by atoms with van der Waals surface area (Å²) < 4.78 is 29.9. The van der Waals surface area contributed by atoms with E-state index in [4.69, 9.17) is 5.26 Å². The highest BCUT2D eigenvalue weighted by molar-refractivity contribution is 7.89. The smallest absolute Gasteiger partial charge is 0.306 e. The number of hydrogen-bond acceptors (Lipinski definition) is 6. The van der Waals surface area contributed by atoms with Gasteiger partial charge in [-0.3, -0.25) is 9.69 Å². The van der Waals surface area contributed by atoms with Crippen LogP contribution in [0.15, 0.2) is 0 Å². The molecular formula is C12H21N3O4S. The number of nitrogens with zero attached hydrogens (tertiary/aromatic N) is 3. The second-order valence-corrected chi connectivity index (χ2v) is 6.72. The molecule has 0 aromatic rings. The molecule has 1 saturated heterocycles. The first-order chi connectivity index (χ1) is 9.44. The first-order valence-electron chi connectivity index (χ1n) is 6.63. The molecule has 0 aliphatic carbocycles. The zero-order valence-electron chi connectivity index (χ0n) is 11.9. The normalized spacial score (nSPS) is 19.2. The molecule has 0 saturated carbocycles. The molecule has 7 nitrogen and oxygen atoms in total.